The molecule has 0 fully saturated rings. The van der Waals surface area contributed by atoms with Gasteiger partial charge < -0.3 is 10.1 Å². The molecule has 0 bridgehead atoms. The average Bonchev–Trinajstić information content (AvgIpc) is 2.45. The molecule has 0 aliphatic carbocycles. The maximum Gasteiger partial charge on any atom is 0.255 e. The number of carbonyl (C=O) groups excluding carboxylic acids is 1. The number of fused-ring (bicyclic) bond motifs is 1. The zero-order valence-electron chi connectivity index (χ0n) is 10.8. The van der Waals surface area contributed by atoms with Gasteiger partial charge in [0.2, 0.25) is 0 Å². The van der Waals surface area contributed by atoms with Crippen molar-refractivity contribution in [2.45, 2.75) is 6.92 Å². The first-order valence-electron chi connectivity index (χ1n) is 6.31. The van der Waals surface area contributed by atoms with Crippen LogP contribution in [0, 0.1) is 0 Å². The molecule has 100 valence electrons. The SMILES string of the molecule is CCOc1ccc2ccccc2c1C(=O)NCCS. The van der Waals surface area contributed by atoms with Gasteiger partial charge in [0.1, 0.15) is 5.75 Å². The van der Waals surface area contributed by atoms with Gasteiger partial charge in [-0.05, 0) is 23.8 Å². The summed E-state index contributed by atoms with van der Waals surface area (Å²) in [6, 6.07) is 11.6. The van der Waals surface area contributed by atoms with E-state index in [1.807, 2.05) is 43.3 Å². The third-order valence-corrected chi connectivity index (χ3v) is 3.04. The Balaban J connectivity index is 2.52. The molecule has 0 atom stereocenters. The van der Waals surface area contributed by atoms with Crippen molar-refractivity contribution in [2.75, 3.05) is 18.9 Å². The van der Waals surface area contributed by atoms with Gasteiger partial charge in [0.15, 0.2) is 0 Å². The number of hydrogen-bond acceptors (Lipinski definition) is 3. The van der Waals surface area contributed by atoms with Crippen LogP contribution in [0.15, 0.2) is 36.4 Å². The maximum absolute atomic E-state index is 12.3. The maximum atomic E-state index is 12.3. The monoisotopic (exact) mass is 275 g/mol. The zero-order chi connectivity index (χ0) is 13.7. The topological polar surface area (TPSA) is 38.3 Å². The van der Waals surface area contributed by atoms with Crippen molar-refractivity contribution in [3.8, 4) is 5.75 Å². The first-order valence-corrected chi connectivity index (χ1v) is 6.94. The van der Waals surface area contributed by atoms with Gasteiger partial charge in [0.25, 0.3) is 5.91 Å². The summed E-state index contributed by atoms with van der Waals surface area (Å²) in [4.78, 5) is 12.3. The molecule has 0 unspecified atom stereocenters. The lowest BCUT2D eigenvalue weighted by Crippen LogP contribution is -2.26. The highest BCUT2D eigenvalue weighted by Crippen LogP contribution is 2.28. The fraction of sp³-hybridized carbons (Fsp3) is 0.267. The largest absolute Gasteiger partial charge is 0.493 e. The Labute approximate surface area is 118 Å². The average molecular weight is 275 g/mol. The van der Waals surface area contributed by atoms with E-state index in [-0.39, 0.29) is 5.91 Å². The van der Waals surface area contributed by atoms with E-state index in [4.69, 9.17) is 4.74 Å². The number of hydrogen-bond donors (Lipinski definition) is 2. The number of amides is 1. The Morgan fingerprint density at radius 3 is 2.79 bits per heavy atom. The second kappa shape index (κ2) is 6.48. The molecule has 3 nitrogen and oxygen atoms in total. The molecule has 2 rings (SSSR count). The van der Waals surface area contributed by atoms with E-state index in [2.05, 4.69) is 17.9 Å². The van der Waals surface area contributed by atoms with Gasteiger partial charge in [-0.3, -0.25) is 4.79 Å². The van der Waals surface area contributed by atoms with Gasteiger partial charge in [-0.1, -0.05) is 30.3 Å². The first kappa shape index (κ1) is 13.7. The smallest absolute Gasteiger partial charge is 0.255 e. The first-order chi connectivity index (χ1) is 9.27. The molecule has 2 aromatic rings. The van der Waals surface area contributed by atoms with Crippen LogP contribution in [-0.2, 0) is 0 Å². The molecule has 0 aromatic heterocycles. The van der Waals surface area contributed by atoms with Crippen LogP contribution in [0.4, 0.5) is 0 Å². The Kier molecular flexibility index (Phi) is 4.68. The van der Waals surface area contributed by atoms with E-state index < -0.39 is 0 Å². The van der Waals surface area contributed by atoms with Crippen molar-refractivity contribution in [3.63, 3.8) is 0 Å². The van der Waals surface area contributed by atoms with E-state index in [1.165, 1.54) is 0 Å². The second-order valence-corrected chi connectivity index (χ2v) is 4.52. The fourth-order valence-corrected chi connectivity index (χ4v) is 2.13. The predicted molar refractivity (Wildman–Crippen MR) is 81.3 cm³/mol. The minimum atomic E-state index is -0.116. The minimum Gasteiger partial charge on any atom is -0.493 e. The molecule has 0 saturated heterocycles. The summed E-state index contributed by atoms with van der Waals surface area (Å²) in [5, 5.41) is 4.78. The van der Waals surface area contributed by atoms with Crippen molar-refractivity contribution in [3.05, 3.63) is 42.0 Å². The molecule has 1 amide bonds. The Hall–Kier alpha value is -1.68. The lowest BCUT2D eigenvalue weighted by Gasteiger charge is -2.13. The number of nitrogens with one attached hydrogen (secondary N) is 1. The summed E-state index contributed by atoms with van der Waals surface area (Å²) in [5.74, 6) is 1.12. The van der Waals surface area contributed by atoms with Crippen LogP contribution < -0.4 is 10.1 Å². The lowest BCUT2D eigenvalue weighted by atomic mass is 10.0. The molecular weight excluding hydrogens is 258 g/mol. The number of thiol groups is 1. The Morgan fingerprint density at radius 2 is 2.05 bits per heavy atom. The van der Waals surface area contributed by atoms with Crippen molar-refractivity contribution in [2.24, 2.45) is 0 Å². The zero-order valence-corrected chi connectivity index (χ0v) is 11.7. The lowest BCUT2D eigenvalue weighted by molar-refractivity contribution is 0.0954. The molecule has 0 saturated carbocycles. The van der Waals surface area contributed by atoms with Gasteiger partial charge in [-0.2, -0.15) is 12.6 Å². The molecule has 0 radical (unpaired) electrons. The highest BCUT2D eigenvalue weighted by molar-refractivity contribution is 7.80. The molecule has 19 heavy (non-hydrogen) atoms. The minimum absolute atomic E-state index is 0.116. The Bertz CT molecular complexity index is 583. The second-order valence-electron chi connectivity index (χ2n) is 4.07. The third kappa shape index (κ3) is 3.01. The van der Waals surface area contributed by atoms with Crippen molar-refractivity contribution in [1.29, 1.82) is 0 Å². The van der Waals surface area contributed by atoms with E-state index >= 15 is 0 Å². The van der Waals surface area contributed by atoms with Crippen molar-refractivity contribution >= 4 is 29.3 Å². The van der Waals surface area contributed by atoms with E-state index in [1.54, 1.807) is 0 Å². The number of rotatable bonds is 5. The summed E-state index contributed by atoms with van der Waals surface area (Å²) in [7, 11) is 0. The van der Waals surface area contributed by atoms with Crippen LogP contribution in [-0.4, -0.2) is 24.8 Å². The van der Waals surface area contributed by atoms with Crippen LogP contribution in [0.2, 0.25) is 0 Å². The number of carbonyl (C=O) groups is 1. The molecule has 0 aliphatic rings. The highest BCUT2D eigenvalue weighted by Gasteiger charge is 2.15. The number of benzene rings is 2. The summed E-state index contributed by atoms with van der Waals surface area (Å²) in [5.41, 5.74) is 0.599. The summed E-state index contributed by atoms with van der Waals surface area (Å²) < 4.78 is 5.57. The summed E-state index contributed by atoms with van der Waals surface area (Å²) in [6.45, 7) is 2.98. The quantitative estimate of drug-likeness (QED) is 0.823. The Morgan fingerprint density at radius 1 is 1.26 bits per heavy atom. The molecule has 0 aliphatic heterocycles. The van der Waals surface area contributed by atoms with Crippen LogP contribution in [0.3, 0.4) is 0 Å². The number of ether oxygens (including phenoxy) is 1. The molecular formula is C15H17NO2S. The van der Waals surface area contributed by atoms with E-state index in [0.717, 1.165) is 10.8 Å². The molecule has 0 heterocycles. The van der Waals surface area contributed by atoms with Crippen molar-refractivity contribution in [1.82, 2.24) is 5.32 Å². The van der Waals surface area contributed by atoms with Crippen LogP contribution in [0.5, 0.6) is 5.75 Å². The molecule has 4 heteroatoms. The predicted octanol–water partition coefficient (Wildman–Crippen LogP) is 2.90. The van der Waals surface area contributed by atoms with Gasteiger partial charge in [0.05, 0.1) is 12.2 Å². The van der Waals surface area contributed by atoms with E-state index in [9.17, 15) is 4.79 Å². The summed E-state index contributed by atoms with van der Waals surface area (Å²) >= 11 is 4.10. The van der Waals surface area contributed by atoms with Gasteiger partial charge in [-0.15, -0.1) is 0 Å². The van der Waals surface area contributed by atoms with Crippen LogP contribution >= 0.6 is 12.6 Å². The molecule has 1 N–H and O–H groups in total. The van der Waals surface area contributed by atoms with Gasteiger partial charge in [-0.25, -0.2) is 0 Å². The van der Waals surface area contributed by atoms with Crippen LogP contribution in [0.25, 0.3) is 10.8 Å². The van der Waals surface area contributed by atoms with Crippen LogP contribution in [0.1, 0.15) is 17.3 Å². The van der Waals surface area contributed by atoms with Gasteiger partial charge in [0, 0.05) is 12.3 Å². The van der Waals surface area contributed by atoms with Gasteiger partial charge >= 0.3 is 0 Å². The normalized spacial score (nSPS) is 10.4. The van der Waals surface area contributed by atoms with E-state index in [0.29, 0.717) is 30.2 Å². The highest BCUT2D eigenvalue weighted by atomic mass is 32.1. The van der Waals surface area contributed by atoms with Crippen molar-refractivity contribution < 1.29 is 9.53 Å². The molecule has 2 aromatic carbocycles. The third-order valence-electron chi connectivity index (χ3n) is 2.82. The fourth-order valence-electron chi connectivity index (χ4n) is 2.02. The summed E-state index contributed by atoms with van der Waals surface area (Å²) in [6.07, 6.45) is 0. The standard InChI is InChI=1S/C15H17NO2S/c1-2-18-13-8-7-11-5-3-4-6-12(11)14(13)15(17)16-9-10-19/h3-8,19H,2,9-10H2,1H3,(H,16,17). The molecule has 0 spiro atoms.